The van der Waals surface area contributed by atoms with Crippen LogP contribution in [0.25, 0.3) is 11.1 Å². The maximum absolute atomic E-state index is 14.1. The lowest BCUT2D eigenvalue weighted by Gasteiger charge is -2.21. The van der Waals surface area contributed by atoms with E-state index in [9.17, 15) is 22.4 Å². The number of ether oxygens (including phenoxy) is 1. The third kappa shape index (κ3) is 7.25. The van der Waals surface area contributed by atoms with Gasteiger partial charge >= 0.3 is 5.97 Å². The number of methoxy groups -OCH3 is 1. The van der Waals surface area contributed by atoms with Gasteiger partial charge in [-0.2, -0.15) is 5.26 Å². The van der Waals surface area contributed by atoms with E-state index in [1.165, 1.54) is 37.4 Å². The number of sulfonamides is 1. The molecule has 0 spiro atoms. The number of hydrogen-bond acceptors (Lipinski definition) is 6. The number of esters is 1. The van der Waals surface area contributed by atoms with E-state index in [4.69, 9.17) is 10.00 Å². The highest BCUT2D eigenvalue weighted by atomic mass is 32.2. The van der Waals surface area contributed by atoms with Crippen molar-refractivity contribution in [3.8, 4) is 17.2 Å². The third-order valence-corrected chi connectivity index (χ3v) is 7.23. The number of amides is 1. The van der Waals surface area contributed by atoms with Crippen molar-refractivity contribution in [2.45, 2.75) is 43.7 Å². The van der Waals surface area contributed by atoms with Gasteiger partial charge in [-0.25, -0.2) is 22.3 Å². The molecule has 0 aliphatic heterocycles. The maximum atomic E-state index is 14.1. The number of carbonyl (C=O) groups excluding carboxylic acids is 2. The van der Waals surface area contributed by atoms with E-state index in [1.807, 2.05) is 6.07 Å². The Bertz CT molecular complexity index is 1490. The summed E-state index contributed by atoms with van der Waals surface area (Å²) in [7, 11) is -2.76. The lowest BCUT2D eigenvalue weighted by Crippen LogP contribution is -2.43. The molecule has 0 radical (unpaired) electrons. The van der Waals surface area contributed by atoms with Crippen LogP contribution in [0.4, 0.5) is 4.39 Å². The molecule has 0 heterocycles. The SMILES string of the molecule is COC(=O)[C@H](Cc1cccc(C#N)c1)NC(=O)c1ccc(-c2cc(F)ccc2S(=O)(=O)NC(C)(C)C)cc1. The molecule has 8 nitrogen and oxygen atoms in total. The number of nitrogens with one attached hydrogen (secondary N) is 2. The fourth-order valence-electron chi connectivity index (χ4n) is 3.80. The van der Waals surface area contributed by atoms with Gasteiger partial charge in [-0.3, -0.25) is 4.79 Å². The second-order valence-electron chi connectivity index (χ2n) is 9.64. The number of carbonyl (C=O) groups is 2. The summed E-state index contributed by atoms with van der Waals surface area (Å²) in [5.74, 6) is -1.83. The Morgan fingerprint density at radius 3 is 2.34 bits per heavy atom. The van der Waals surface area contributed by atoms with Gasteiger partial charge in [0.2, 0.25) is 10.0 Å². The molecule has 0 unspecified atom stereocenters. The van der Waals surface area contributed by atoms with E-state index >= 15 is 0 Å². The first-order valence-corrected chi connectivity index (χ1v) is 13.1. The van der Waals surface area contributed by atoms with Crippen LogP contribution >= 0.6 is 0 Å². The minimum Gasteiger partial charge on any atom is -0.467 e. The van der Waals surface area contributed by atoms with E-state index < -0.39 is 39.3 Å². The van der Waals surface area contributed by atoms with Crippen LogP contribution in [0.2, 0.25) is 0 Å². The minimum atomic E-state index is -3.97. The maximum Gasteiger partial charge on any atom is 0.328 e. The highest BCUT2D eigenvalue weighted by Crippen LogP contribution is 2.29. The van der Waals surface area contributed by atoms with Crippen LogP contribution in [0.15, 0.2) is 71.6 Å². The molecule has 3 rings (SSSR count). The van der Waals surface area contributed by atoms with Crippen LogP contribution in [0, 0.1) is 17.1 Å². The fraction of sp³-hybridized carbons (Fsp3) is 0.250. The molecule has 0 aliphatic carbocycles. The van der Waals surface area contributed by atoms with Gasteiger partial charge in [0.15, 0.2) is 0 Å². The Morgan fingerprint density at radius 2 is 1.74 bits per heavy atom. The molecular formula is C28H28FN3O5S. The summed E-state index contributed by atoms with van der Waals surface area (Å²) in [6.45, 7) is 5.09. The molecule has 0 bridgehead atoms. The molecule has 1 amide bonds. The van der Waals surface area contributed by atoms with Crippen LogP contribution in [0.1, 0.15) is 42.3 Å². The highest BCUT2D eigenvalue weighted by Gasteiger charge is 2.26. The van der Waals surface area contributed by atoms with Crippen molar-refractivity contribution in [3.05, 3.63) is 89.2 Å². The summed E-state index contributed by atoms with van der Waals surface area (Å²) in [5.41, 5.74) is 1.05. The summed E-state index contributed by atoms with van der Waals surface area (Å²) in [5, 5.41) is 11.7. The van der Waals surface area contributed by atoms with Gasteiger partial charge in [0.05, 0.1) is 23.6 Å². The van der Waals surface area contributed by atoms with Crippen LogP contribution in [-0.4, -0.2) is 39.0 Å². The Hall–Kier alpha value is -4.07. The topological polar surface area (TPSA) is 125 Å². The quantitative estimate of drug-likeness (QED) is 0.419. The first kappa shape index (κ1) is 28.5. The van der Waals surface area contributed by atoms with Crippen molar-refractivity contribution in [2.75, 3.05) is 7.11 Å². The normalized spacial score (nSPS) is 12.3. The Labute approximate surface area is 221 Å². The van der Waals surface area contributed by atoms with Crippen molar-refractivity contribution >= 4 is 21.9 Å². The molecule has 198 valence electrons. The molecular weight excluding hydrogens is 509 g/mol. The van der Waals surface area contributed by atoms with Crippen LogP contribution in [0.5, 0.6) is 0 Å². The summed E-state index contributed by atoms with van der Waals surface area (Å²) < 4.78 is 47.4. The van der Waals surface area contributed by atoms with Gasteiger partial charge in [0.1, 0.15) is 11.9 Å². The van der Waals surface area contributed by atoms with Gasteiger partial charge in [0.25, 0.3) is 5.91 Å². The monoisotopic (exact) mass is 537 g/mol. The van der Waals surface area contributed by atoms with E-state index in [0.717, 1.165) is 12.1 Å². The molecule has 3 aromatic carbocycles. The summed E-state index contributed by atoms with van der Waals surface area (Å²) in [4.78, 5) is 25.2. The zero-order chi connectivity index (χ0) is 28.1. The Morgan fingerprint density at radius 1 is 1.05 bits per heavy atom. The number of benzene rings is 3. The first-order valence-electron chi connectivity index (χ1n) is 11.6. The third-order valence-electron chi connectivity index (χ3n) is 5.42. The van der Waals surface area contributed by atoms with E-state index in [2.05, 4.69) is 10.0 Å². The van der Waals surface area contributed by atoms with Gasteiger partial charge in [-0.05, 0) is 74.4 Å². The number of halogens is 1. The van der Waals surface area contributed by atoms with Crippen molar-refractivity contribution in [1.29, 1.82) is 5.26 Å². The van der Waals surface area contributed by atoms with Gasteiger partial charge in [-0.1, -0.05) is 24.3 Å². The number of rotatable bonds is 8. The zero-order valence-corrected chi connectivity index (χ0v) is 22.2. The minimum absolute atomic E-state index is 0.101. The number of nitrogens with zero attached hydrogens (tertiary/aromatic N) is 1. The molecule has 0 fully saturated rings. The lowest BCUT2D eigenvalue weighted by atomic mass is 10.0. The molecule has 10 heteroatoms. The summed E-state index contributed by atoms with van der Waals surface area (Å²) in [6.07, 6.45) is 0.108. The highest BCUT2D eigenvalue weighted by molar-refractivity contribution is 7.89. The van der Waals surface area contributed by atoms with Crippen molar-refractivity contribution < 1.29 is 27.1 Å². The molecule has 0 saturated heterocycles. The zero-order valence-electron chi connectivity index (χ0n) is 21.4. The predicted molar refractivity (Wildman–Crippen MR) is 140 cm³/mol. The van der Waals surface area contributed by atoms with Crippen LogP contribution in [0.3, 0.4) is 0 Å². The largest absolute Gasteiger partial charge is 0.467 e. The molecule has 0 aromatic heterocycles. The predicted octanol–water partition coefficient (Wildman–Crippen LogP) is 3.96. The molecule has 38 heavy (non-hydrogen) atoms. The van der Waals surface area contributed by atoms with Gasteiger partial charge in [0, 0.05) is 23.1 Å². The van der Waals surface area contributed by atoms with E-state index in [-0.39, 0.29) is 22.4 Å². The van der Waals surface area contributed by atoms with E-state index in [0.29, 0.717) is 16.7 Å². The summed E-state index contributed by atoms with van der Waals surface area (Å²) >= 11 is 0. The van der Waals surface area contributed by atoms with Crippen molar-refractivity contribution in [3.63, 3.8) is 0 Å². The molecule has 3 aromatic rings. The average Bonchev–Trinajstić information content (AvgIpc) is 2.86. The number of nitriles is 1. The smallest absolute Gasteiger partial charge is 0.328 e. The van der Waals surface area contributed by atoms with Gasteiger partial charge < -0.3 is 10.1 Å². The van der Waals surface area contributed by atoms with Crippen molar-refractivity contribution in [2.24, 2.45) is 0 Å². The van der Waals surface area contributed by atoms with E-state index in [1.54, 1.807) is 45.0 Å². The van der Waals surface area contributed by atoms with Gasteiger partial charge in [-0.15, -0.1) is 0 Å². The second kappa shape index (κ2) is 11.5. The first-order chi connectivity index (χ1) is 17.8. The number of hydrogen-bond donors (Lipinski definition) is 2. The molecule has 2 N–H and O–H groups in total. The Balaban J connectivity index is 1.87. The Kier molecular flexibility index (Phi) is 8.66. The van der Waals surface area contributed by atoms with Crippen LogP contribution in [-0.2, 0) is 26.0 Å². The molecule has 0 saturated carbocycles. The average molecular weight is 538 g/mol. The fourth-order valence-corrected chi connectivity index (χ4v) is 5.43. The second-order valence-corrected chi connectivity index (χ2v) is 11.3. The summed E-state index contributed by atoms with van der Waals surface area (Å²) in [6, 6.07) is 17.0. The lowest BCUT2D eigenvalue weighted by molar-refractivity contribution is -0.142. The standard InChI is InChI=1S/C28H28FN3O5S/c1-28(2,3)32-38(35,36)25-13-12-22(29)16-23(25)20-8-10-21(11-9-20)26(33)31-24(27(34)37-4)15-18-6-5-7-19(14-18)17-30/h5-14,16,24,32H,15H2,1-4H3,(H,31,33)/t24-/m0/s1. The van der Waals surface area contributed by atoms with Crippen LogP contribution < -0.4 is 10.0 Å². The molecule has 0 aliphatic rings. The molecule has 1 atom stereocenters. The van der Waals surface area contributed by atoms with Crippen molar-refractivity contribution in [1.82, 2.24) is 10.0 Å².